The number of carbonyl (C=O) groups is 1. The average molecular weight is 337 g/mol. The minimum atomic E-state index is -0.331. The molecule has 0 saturated carbocycles. The van der Waals surface area contributed by atoms with Crippen molar-refractivity contribution in [2.24, 2.45) is 0 Å². The second kappa shape index (κ2) is 6.13. The summed E-state index contributed by atoms with van der Waals surface area (Å²) < 4.78 is 7.63. The lowest BCUT2D eigenvalue weighted by Gasteiger charge is -2.14. The average Bonchev–Trinajstić information content (AvgIpc) is 2.76. The van der Waals surface area contributed by atoms with E-state index in [0.717, 1.165) is 21.4 Å². The molecule has 1 heterocycles. The Labute approximate surface area is 126 Å². The maximum atomic E-state index is 11.4. The van der Waals surface area contributed by atoms with Crippen molar-refractivity contribution in [1.82, 2.24) is 4.68 Å². The highest BCUT2D eigenvalue weighted by molar-refractivity contribution is 9.10. The molecule has 0 aliphatic carbocycles. The van der Waals surface area contributed by atoms with Gasteiger partial charge in [0.2, 0.25) is 0 Å². The summed E-state index contributed by atoms with van der Waals surface area (Å²) in [6.45, 7) is 4.77. The van der Waals surface area contributed by atoms with Gasteiger partial charge in [-0.15, -0.1) is 0 Å². The van der Waals surface area contributed by atoms with Gasteiger partial charge in [0.25, 0.3) is 0 Å². The minimum Gasteiger partial charge on any atom is -0.465 e. The Bertz CT molecular complexity index is 615. The largest absolute Gasteiger partial charge is 0.465 e. The van der Waals surface area contributed by atoms with Crippen LogP contribution in [0.5, 0.6) is 0 Å². The molecule has 5 heteroatoms. The normalized spacial score (nSPS) is 10.4. The Morgan fingerprint density at radius 2 is 1.90 bits per heavy atom. The molecule has 0 aliphatic rings. The van der Waals surface area contributed by atoms with Crippen molar-refractivity contribution in [3.8, 4) is 0 Å². The minimum absolute atomic E-state index is 0.331. The van der Waals surface area contributed by atoms with Crippen LogP contribution in [0.2, 0.25) is 0 Å². The standard InChI is InChI=1S/C15H17BrN2O2/c1-10-4-5-11(2)18(10)17-9-13-7-6-12(8-14(13)16)15(19)20-3/h4-8,17H,9H2,1-3H3. The van der Waals surface area contributed by atoms with E-state index in [1.54, 1.807) is 12.1 Å². The van der Waals surface area contributed by atoms with Crippen LogP contribution in [-0.4, -0.2) is 17.8 Å². The van der Waals surface area contributed by atoms with E-state index in [4.69, 9.17) is 4.74 Å². The molecule has 0 saturated heterocycles. The number of esters is 1. The Morgan fingerprint density at radius 1 is 1.25 bits per heavy atom. The van der Waals surface area contributed by atoms with Crippen LogP contribution in [0.3, 0.4) is 0 Å². The molecule has 0 unspecified atom stereocenters. The fourth-order valence-corrected chi connectivity index (χ4v) is 2.54. The van der Waals surface area contributed by atoms with Crippen LogP contribution in [0, 0.1) is 13.8 Å². The fraction of sp³-hybridized carbons (Fsp3) is 0.267. The van der Waals surface area contributed by atoms with Gasteiger partial charge in [0, 0.05) is 15.9 Å². The van der Waals surface area contributed by atoms with Gasteiger partial charge < -0.3 is 10.2 Å². The van der Waals surface area contributed by atoms with Gasteiger partial charge in [0.05, 0.1) is 19.2 Å². The molecule has 20 heavy (non-hydrogen) atoms. The van der Waals surface area contributed by atoms with E-state index in [-0.39, 0.29) is 5.97 Å². The second-order valence-corrected chi connectivity index (χ2v) is 5.44. The van der Waals surface area contributed by atoms with Crippen molar-refractivity contribution >= 4 is 21.9 Å². The summed E-state index contributed by atoms with van der Waals surface area (Å²) >= 11 is 3.49. The van der Waals surface area contributed by atoms with Crippen LogP contribution < -0.4 is 5.43 Å². The van der Waals surface area contributed by atoms with E-state index in [9.17, 15) is 4.79 Å². The highest BCUT2D eigenvalue weighted by Gasteiger charge is 2.09. The summed E-state index contributed by atoms with van der Waals surface area (Å²) in [5.74, 6) is -0.331. The molecule has 0 radical (unpaired) electrons. The number of aryl methyl sites for hydroxylation is 2. The van der Waals surface area contributed by atoms with Gasteiger partial charge in [-0.05, 0) is 43.7 Å². The van der Waals surface area contributed by atoms with Crippen molar-refractivity contribution in [3.63, 3.8) is 0 Å². The first kappa shape index (κ1) is 14.7. The maximum absolute atomic E-state index is 11.4. The quantitative estimate of drug-likeness (QED) is 0.870. The monoisotopic (exact) mass is 336 g/mol. The first-order chi connectivity index (χ1) is 9.52. The number of methoxy groups -OCH3 is 1. The van der Waals surface area contributed by atoms with Crippen LogP contribution in [0.15, 0.2) is 34.8 Å². The van der Waals surface area contributed by atoms with Gasteiger partial charge in [-0.2, -0.15) is 0 Å². The number of benzene rings is 1. The van der Waals surface area contributed by atoms with Crippen LogP contribution in [0.25, 0.3) is 0 Å². The molecule has 1 N–H and O–H groups in total. The number of ether oxygens (including phenoxy) is 1. The smallest absolute Gasteiger partial charge is 0.337 e. The molecule has 1 aromatic carbocycles. The molecule has 0 aliphatic heterocycles. The van der Waals surface area contributed by atoms with Crippen molar-refractivity contribution in [1.29, 1.82) is 0 Å². The Hall–Kier alpha value is -1.75. The van der Waals surface area contributed by atoms with Gasteiger partial charge >= 0.3 is 5.97 Å². The lowest BCUT2D eigenvalue weighted by molar-refractivity contribution is 0.0600. The van der Waals surface area contributed by atoms with Crippen molar-refractivity contribution in [2.45, 2.75) is 20.4 Å². The molecule has 106 valence electrons. The van der Waals surface area contributed by atoms with Crippen LogP contribution in [0.4, 0.5) is 0 Å². The second-order valence-electron chi connectivity index (χ2n) is 4.58. The van der Waals surface area contributed by atoms with E-state index in [0.29, 0.717) is 12.1 Å². The molecule has 4 nitrogen and oxygen atoms in total. The topological polar surface area (TPSA) is 43.3 Å². The summed E-state index contributed by atoms with van der Waals surface area (Å²) in [5, 5.41) is 0. The molecule has 1 aromatic heterocycles. The molecule has 2 aromatic rings. The van der Waals surface area contributed by atoms with Gasteiger partial charge in [-0.1, -0.05) is 22.0 Å². The summed E-state index contributed by atoms with van der Waals surface area (Å²) in [6.07, 6.45) is 0. The van der Waals surface area contributed by atoms with Crippen molar-refractivity contribution < 1.29 is 9.53 Å². The predicted octanol–water partition coefficient (Wildman–Crippen LogP) is 3.40. The summed E-state index contributed by atoms with van der Waals surface area (Å²) in [7, 11) is 1.38. The SMILES string of the molecule is COC(=O)c1ccc(CNn2c(C)ccc2C)c(Br)c1. The van der Waals surface area contributed by atoms with Crippen molar-refractivity contribution in [3.05, 3.63) is 57.3 Å². The molecular weight excluding hydrogens is 320 g/mol. The molecule has 0 amide bonds. The first-order valence-corrected chi connectivity index (χ1v) is 7.08. The van der Waals surface area contributed by atoms with Gasteiger partial charge in [-0.3, -0.25) is 4.68 Å². The lowest BCUT2D eigenvalue weighted by atomic mass is 10.1. The summed E-state index contributed by atoms with van der Waals surface area (Å²) in [4.78, 5) is 11.4. The maximum Gasteiger partial charge on any atom is 0.337 e. The van der Waals surface area contributed by atoms with E-state index in [1.807, 2.05) is 10.7 Å². The van der Waals surface area contributed by atoms with E-state index in [2.05, 4.69) is 47.3 Å². The predicted molar refractivity (Wildman–Crippen MR) is 82.5 cm³/mol. The Morgan fingerprint density at radius 3 is 2.45 bits per heavy atom. The Balaban J connectivity index is 2.13. The number of aromatic nitrogens is 1. The van der Waals surface area contributed by atoms with Crippen LogP contribution >= 0.6 is 15.9 Å². The highest BCUT2D eigenvalue weighted by Crippen LogP contribution is 2.19. The number of carbonyl (C=O) groups excluding carboxylic acids is 1. The summed E-state index contributed by atoms with van der Waals surface area (Å²) in [5.41, 5.74) is 7.28. The number of nitrogens with zero attached hydrogens (tertiary/aromatic N) is 1. The van der Waals surface area contributed by atoms with E-state index >= 15 is 0 Å². The molecular formula is C15H17BrN2O2. The number of nitrogens with one attached hydrogen (secondary N) is 1. The molecule has 2 rings (SSSR count). The van der Waals surface area contributed by atoms with E-state index < -0.39 is 0 Å². The zero-order valence-electron chi connectivity index (χ0n) is 11.7. The molecule has 0 bridgehead atoms. The third-order valence-corrected chi connectivity index (χ3v) is 3.91. The highest BCUT2D eigenvalue weighted by atomic mass is 79.9. The summed E-state index contributed by atoms with van der Waals surface area (Å²) in [6, 6.07) is 9.59. The zero-order valence-corrected chi connectivity index (χ0v) is 13.3. The van der Waals surface area contributed by atoms with Gasteiger partial charge in [0.15, 0.2) is 0 Å². The molecule has 0 fully saturated rings. The molecule has 0 atom stereocenters. The lowest BCUT2D eigenvalue weighted by Crippen LogP contribution is -2.17. The third-order valence-electron chi connectivity index (χ3n) is 3.17. The zero-order chi connectivity index (χ0) is 14.7. The number of hydrogen-bond acceptors (Lipinski definition) is 3. The van der Waals surface area contributed by atoms with Crippen molar-refractivity contribution in [2.75, 3.05) is 12.5 Å². The van der Waals surface area contributed by atoms with Crippen LogP contribution in [0.1, 0.15) is 27.3 Å². The van der Waals surface area contributed by atoms with Crippen LogP contribution in [-0.2, 0) is 11.3 Å². The van der Waals surface area contributed by atoms with E-state index in [1.165, 1.54) is 7.11 Å². The Kier molecular flexibility index (Phi) is 4.49. The number of rotatable bonds is 4. The number of hydrogen-bond donors (Lipinski definition) is 1. The van der Waals surface area contributed by atoms with Gasteiger partial charge in [-0.25, -0.2) is 4.79 Å². The fourth-order valence-electron chi connectivity index (χ4n) is 2.02. The van der Waals surface area contributed by atoms with Gasteiger partial charge in [0.1, 0.15) is 0 Å². The molecule has 0 spiro atoms. The number of halogens is 1. The first-order valence-electron chi connectivity index (χ1n) is 6.28. The third kappa shape index (κ3) is 3.04.